The summed E-state index contributed by atoms with van der Waals surface area (Å²) in [7, 11) is 3.97. The van der Waals surface area contributed by atoms with Crippen molar-refractivity contribution in [1.29, 1.82) is 0 Å². The SMILES string of the molecule is COc1ccccc1CN1C[C@H](c2ccc(F)cc2)[C@@H]2[C@H]1CCCN2C. The van der Waals surface area contributed by atoms with E-state index in [1.165, 1.54) is 24.0 Å². The first-order valence-corrected chi connectivity index (χ1v) is 9.49. The van der Waals surface area contributed by atoms with Gasteiger partial charge < -0.3 is 9.64 Å². The van der Waals surface area contributed by atoms with E-state index in [-0.39, 0.29) is 5.82 Å². The fourth-order valence-corrected chi connectivity index (χ4v) is 4.88. The molecule has 3 nitrogen and oxygen atoms in total. The second-order valence-electron chi connectivity index (χ2n) is 7.58. The molecule has 2 fully saturated rings. The maximum Gasteiger partial charge on any atom is 0.123 e. The molecular formula is C22H27FN2O. The number of likely N-dealkylation sites (tertiary alicyclic amines) is 2. The summed E-state index contributed by atoms with van der Waals surface area (Å²) in [6.07, 6.45) is 2.46. The predicted molar refractivity (Wildman–Crippen MR) is 102 cm³/mol. The topological polar surface area (TPSA) is 15.7 Å². The predicted octanol–water partition coefficient (Wildman–Crippen LogP) is 3.90. The molecule has 0 spiro atoms. The van der Waals surface area contributed by atoms with Gasteiger partial charge in [-0.1, -0.05) is 30.3 Å². The van der Waals surface area contributed by atoms with Crippen LogP contribution in [0.5, 0.6) is 5.75 Å². The number of hydrogen-bond donors (Lipinski definition) is 0. The van der Waals surface area contributed by atoms with E-state index in [9.17, 15) is 4.39 Å². The van der Waals surface area contributed by atoms with Crippen LogP contribution >= 0.6 is 0 Å². The molecule has 4 rings (SSSR count). The van der Waals surface area contributed by atoms with Crippen LogP contribution in [0, 0.1) is 5.82 Å². The number of para-hydroxylation sites is 1. The zero-order chi connectivity index (χ0) is 18.1. The van der Waals surface area contributed by atoms with Gasteiger partial charge in [0.15, 0.2) is 0 Å². The number of benzene rings is 2. The third-order valence-corrected chi connectivity index (χ3v) is 6.09. The van der Waals surface area contributed by atoms with Crippen LogP contribution in [0.15, 0.2) is 48.5 Å². The minimum atomic E-state index is -0.161. The summed E-state index contributed by atoms with van der Waals surface area (Å²) in [6, 6.07) is 16.4. The minimum absolute atomic E-state index is 0.161. The molecule has 0 unspecified atom stereocenters. The van der Waals surface area contributed by atoms with Gasteiger partial charge in [-0.15, -0.1) is 0 Å². The summed E-state index contributed by atoms with van der Waals surface area (Å²) < 4.78 is 19.0. The standard InChI is InChI=1S/C22H27FN2O/c1-24-13-5-7-20-22(24)19(16-9-11-18(23)12-10-16)15-25(20)14-17-6-3-4-8-21(17)26-2/h3-4,6,8-12,19-20,22H,5,7,13-15H2,1-2H3/t19-,20-,22-/m1/s1. The molecule has 2 heterocycles. The quantitative estimate of drug-likeness (QED) is 0.828. The van der Waals surface area contributed by atoms with E-state index in [2.05, 4.69) is 29.0 Å². The van der Waals surface area contributed by atoms with Crippen LogP contribution in [0.4, 0.5) is 4.39 Å². The van der Waals surface area contributed by atoms with E-state index in [0.717, 1.165) is 25.4 Å². The summed E-state index contributed by atoms with van der Waals surface area (Å²) in [5, 5.41) is 0. The number of hydrogen-bond acceptors (Lipinski definition) is 3. The van der Waals surface area contributed by atoms with Crippen molar-refractivity contribution in [3.63, 3.8) is 0 Å². The van der Waals surface area contributed by atoms with Gasteiger partial charge in [-0.05, 0) is 50.2 Å². The number of halogens is 1. The lowest BCUT2D eigenvalue weighted by molar-refractivity contribution is 0.109. The Labute approximate surface area is 155 Å². The van der Waals surface area contributed by atoms with Crippen molar-refractivity contribution >= 4 is 0 Å². The number of fused-ring (bicyclic) bond motifs is 1. The van der Waals surface area contributed by atoms with Crippen LogP contribution in [0.3, 0.4) is 0 Å². The van der Waals surface area contributed by atoms with Crippen LogP contribution < -0.4 is 4.74 Å². The highest BCUT2D eigenvalue weighted by atomic mass is 19.1. The Morgan fingerprint density at radius 1 is 1.12 bits per heavy atom. The summed E-state index contributed by atoms with van der Waals surface area (Å²) in [6.45, 7) is 3.04. The van der Waals surface area contributed by atoms with Gasteiger partial charge in [0.2, 0.25) is 0 Å². The summed E-state index contributed by atoms with van der Waals surface area (Å²) in [5.41, 5.74) is 2.49. The first kappa shape index (κ1) is 17.5. The number of nitrogens with zero attached hydrogens (tertiary/aromatic N) is 2. The van der Waals surface area contributed by atoms with E-state index >= 15 is 0 Å². The van der Waals surface area contributed by atoms with E-state index in [1.54, 1.807) is 19.2 Å². The van der Waals surface area contributed by atoms with Crippen molar-refractivity contribution in [2.45, 2.75) is 37.4 Å². The van der Waals surface area contributed by atoms with Crippen molar-refractivity contribution in [1.82, 2.24) is 9.80 Å². The van der Waals surface area contributed by atoms with Crippen molar-refractivity contribution < 1.29 is 9.13 Å². The summed E-state index contributed by atoms with van der Waals surface area (Å²) in [4.78, 5) is 5.11. The largest absolute Gasteiger partial charge is 0.496 e. The average molecular weight is 354 g/mol. The first-order valence-electron chi connectivity index (χ1n) is 9.49. The lowest BCUT2D eigenvalue weighted by Crippen LogP contribution is -2.48. The molecule has 0 amide bonds. The Balaban J connectivity index is 1.62. The molecule has 138 valence electrons. The fourth-order valence-electron chi connectivity index (χ4n) is 4.88. The molecule has 0 bridgehead atoms. The first-order chi connectivity index (χ1) is 12.7. The van der Waals surface area contributed by atoms with Gasteiger partial charge in [0.25, 0.3) is 0 Å². The number of ether oxygens (including phenoxy) is 1. The Hall–Kier alpha value is -1.91. The molecule has 26 heavy (non-hydrogen) atoms. The summed E-state index contributed by atoms with van der Waals surface area (Å²) >= 11 is 0. The molecule has 2 saturated heterocycles. The van der Waals surface area contributed by atoms with Crippen molar-refractivity contribution in [3.05, 3.63) is 65.5 Å². The zero-order valence-electron chi connectivity index (χ0n) is 15.6. The smallest absolute Gasteiger partial charge is 0.123 e. The van der Waals surface area contributed by atoms with E-state index in [4.69, 9.17) is 4.74 Å². The van der Waals surface area contributed by atoms with Crippen LogP contribution in [-0.2, 0) is 6.54 Å². The van der Waals surface area contributed by atoms with Crippen molar-refractivity contribution in [2.24, 2.45) is 0 Å². The minimum Gasteiger partial charge on any atom is -0.496 e. The number of rotatable bonds is 4. The molecule has 2 aromatic rings. The normalized spacial score (nSPS) is 26.7. The molecule has 2 aliphatic rings. The van der Waals surface area contributed by atoms with Crippen molar-refractivity contribution in [3.8, 4) is 5.75 Å². The summed E-state index contributed by atoms with van der Waals surface area (Å²) in [5.74, 6) is 1.21. The Morgan fingerprint density at radius 2 is 1.88 bits per heavy atom. The Kier molecular flexibility index (Phi) is 4.96. The lowest BCUT2D eigenvalue weighted by Gasteiger charge is -2.39. The van der Waals surface area contributed by atoms with E-state index < -0.39 is 0 Å². The van der Waals surface area contributed by atoms with Gasteiger partial charge in [0.05, 0.1) is 7.11 Å². The van der Waals surface area contributed by atoms with Crippen LogP contribution in [0.1, 0.15) is 29.9 Å². The lowest BCUT2D eigenvalue weighted by atomic mass is 9.86. The molecule has 0 radical (unpaired) electrons. The molecular weight excluding hydrogens is 327 g/mol. The van der Waals surface area contributed by atoms with Gasteiger partial charge in [-0.3, -0.25) is 4.90 Å². The van der Waals surface area contributed by atoms with Crippen LogP contribution in [0.25, 0.3) is 0 Å². The monoisotopic (exact) mass is 354 g/mol. The van der Waals surface area contributed by atoms with E-state index in [0.29, 0.717) is 18.0 Å². The second kappa shape index (κ2) is 7.37. The third-order valence-electron chi connectivity index (χ3n) is 6.09. The highest BCUT2D eigenvalue weighted by Gasteiger charge is 2.45. The molecule has 4 heteroatoms. The molecule has 0 aliphatic carbocycles. The molecule has 0 N–H and O–H groups in total. The van der Waals surface area contributed by atoms with Crippen molar-refractivity contribution in [2.75, 3.05) is 27.2 Å². The highest BCUT2D eigenvalue weighted by molar-refractivity contribution is 5.34. The third kappa shape index (κ3) is 3.24. The molecule has 2 aromatic carbocycles. The van der Waals surface area contributed by atoms with Gasteiger partial charge in [0.1, 0.15) is 11.6 Å². The fraction of sp³-hybridized carbons (Fsp3) is 0.455. The molecule has 3 atom stereocenters. The average Bonchev–Trinajstić information content (AvgIpc) is 3.03. The van der Waals surface area contributed by atoms with Gasteiger partial charge in [-0.25, -0.2) is 4.39 Å². The zero-order valence-corrected chi connectivity index (χ0v) is 15.6. The Morgan fingerprint density at radius 3 is 2.65 bits per heavy atom. The number of piperidine rings is 1. The molecule has 2 aliphatic heterocycles. The van der Waals surface area contributed by atoms with Gasteiger partial charge >= 0.3 is 0 Å². The molecule has 0 aromatic heterocycles. The van der Waals surface area contributed by atoms with Gasteiger partial charge in [-0.2, -0.15) is 0 Å². The van der Waals surface area contributed by atoms with Gasteiger partial charge in [0, 0.05) is 36.7 Å². The maximum atomic E-state index is 13.4. The highest BCUT2D eigenvalue weighted by Crippen LogP contribution is 2.40. The second-order valence-corrected chi connectivity index (χ2v) is 7.58. The Bertz CT molecular complexity index is 748. The molecule has 0 saturated carbocycles. The van der Waals surface area contributed by atoms with Crippen LogP contribution in [-0.4, -0.2) is 49.1 Å². The number of methoxy groups -OCH3 is 1. The maximum absolute atomic E-state index is 13.4. The number of likely N-dealkylation sites (N-methyl/N-ethyl adjacent to an activating group) is 1. The van der Waals surface area contributed by atoms with Crippen LogP contribution in [0.2, 0.25) is 0 Å². The van der Waals surface area contributed by atoms with E-state index in [1.807, 2.05) is 24.3 Å².